The van der Waals surface area contributed by atoms with Gasteiger partial charge in [0, 0.05) is 32.2 Å². The van der Waals surface area contributed by atoms with Gasteiger partial charge in [-0.3, -0.25) is 4.90 Å². The highest BCUT2D eigenvalue weighted by atomic mass is 16.4. The Bertz CT molecular complexity index is 374. The third-order valence-corrected chi connectivity index (χ3v) is 4.47. The van der Waals surface area contributed by atoms with Gasteiger partial charge >= 0.3 is 12.0 Å². The van der Waals surface area contributed by atoms with Crippen molar-refractivity contribution >= 4 is 12.0 Å². The maximum atomic E-state index is 12.1. The van der Waals surface area contributed by atoms with Gasteiger partial charge in [0.25, 0.3) is 0 Å². The third kappa shape index (κ3) is 4.07. The largest absolute Gasteiger partial charge is 0.480 e. The van der Waals surface area contributed by atoms with Crippen LogP contribution < -0.4 is 5.32 Å². The molecule has 2 fully saturated rings. The molecule has 3 N–H and O–H groups in total. The van der Waals surface area contributed by atoms with E-state index >= 15 is 0 Å². The number of nitrogens with one attached hydrogen (secondary N) is 1. The van der Waals surface area contributed by atoms with E-state index in [0.717, 1.165) is 13.1 Å². The lowest BCUT2D eigenvalue weighted by Crippen LogP contribution is -2.57. The van der Waals surface area contributed by atoms with Crippen molar-refractivity contribution in [1.82, 2.24) is 15.1 Å². The minimum absolute atomic E-state index is 0.408. The van der Waals surface area contributed by atoms with Crippen molar-refractivity contribution in [2.24, 2.45) is 0 Å². The van der Waals surface area contributed by atoms with E-state index in [4.69, 9.17) is 5.11 Å². The van der Waals surface area contributed by atoms with E-state index in [1.54, 1.807) is 4.90 Å². The Morgan fingerprint density at radius 3 is 2.19 bits per heavy atom. The van der Waals surface area contributed by atoms with Gasteiger partial charge in [-0.2, -0.15) is 0 Å². The fourth-order valence-corrected chi connectivity index (χ4v) is 3.17. The Hall–Kier alpha value is -1.34. The number of nitrogens with zero attached hydrogens (tertiary/aromatic N) is 2. The van der Waals surface area contributed by atoms with Gasteiger partial charge in [-0.1, -0.05) is 12.8 Å². The molecule has 2 rings (SSSR count). The summed E-state index contributed by atoms with van der Waals surface area (Å²) in [5, 5.41) is 20.8. The number of hydrogen-bond donors (Lipinski definition) is 3. The van der Waals surface area contributed by atoms with Gasteiger partial charge in [-0.25, -0.2) is 9.59 Å². The van der Waals surface area contributed by atoms with Gasteiger partial charge in [-0.15, -0.1) is 0 Å². The van der Waals surface area contributed by atoms with Crippen LogP contribution in [0.2, 0.25) is 0 Å². The normalized spacial score (nSPS) is 23.8. The molecule has 0 aromatic rings. The maximum Gasteiger partial charge on any atom is 0.328 e. The summed E-state index contributed by atoms with van der Waals surface area (Å²) >= 11 is 0. The molecular weight excluding hydrogens is 274 g/mol. The summed E-state index contributed by atoms with van der Waals surface area (Å²) in [6, 6.07) is -1.01. The minimum atomic E-state index is -1.26. The fraction of sp³-hybridized carbons (Fsp3) is 0.857. The quantitative estimate of drug-likeness (QED) is 0.684. The molecule has 1 saturated heterocycles. The van der Waals surface area contributed by atoms with E-state index in [2.05, 4.69) is 10.2 Å². The van der Waals surface area contributed by atoms with Crippen LogP contribution in [-0.2, 0) is 4.79 Å². The second kappa shape index (κ2) is 7.09. The van der Waals surface area contributed by atoms with Crippen molar-refractivity contribution < 1.29 is 19.8 Å². The summed E-state index contributed by atoms with van der Waals surface area (Å²) in [6.45, 7) is 4.25. The molecule has 0 unspecified atom stereocenters. The van der Waals surface area contributed by atoms with Crippen molar-refractivity contribution in [1.29, 1.82) is 0 Å². The smallest absolute Gasteiger partial charge is 0.328 e. The van der Waals surface area contributed by atoms with Gasteiger partial charge in [0.15, 0.2) is 6.04 Å². The van der Waals surface area contributed by atoms with Gasteiger partial charge in [0.2, 0.25) is 0 Å². The zero-order valence-electron chi connectivity index (χ0n) is 12.5. The van der Waals surface area contributed by atoms with E-state index in [9.17, 15) is 14.7 Å². The number of hydrogen-bond acceptors (Lipinski definition) is 4. The van der Waals surface area contributed by atoms with E-state index in [1.165, 1.54) is 32.6 Å². The lowest BCUT2D eigenvalue weighted by molar-refractivity contribution is -0.141. The first-order chi connectivity index (χ1) is 9.99. The zero-order valence-corrected chi connectivity index (χ0v) is 12.5. The molecule has 1 aliphatic carbocycles. The van der Waals surface area contributed by atoms with Gasteiger partial charge in [0.05, 0.1) is 6.10 Å². The summed E-state index contributed by atoms with van der Waals surface area (Å²) in [5.74, 6) is -1.22. The van der Waals surface area contributed by atoms with Gasteiger partial charge < -0.3 is 20.4 Å². The second-order valence-electron chi connectivity index (χ2n) is 5.97. The van der Waals surface area contributed by atoms with Crippen molar-refractivity contribution in [3.63, 3.8) is 0 Å². The molecular formula is C14H25N3O4. The van der Waals surface area contributed by atoms with Gasteiger partial charge in [-0.05, 0) is 19.8 Å². The van der Waals surface area contributed by atoms with Crippen LogP contribution in [0, 0.1) is 0 Å². The minimum Gasteiger partial charge on any atom is -0.480 e. The predicted octanol–water partition coefficient (Wildman–Crippen LogP) is 0.0902. The lowest BCUT2D eigenvalue weighted by atomic mass is 10.1. The summed E-state index contributed by atoms with van der Waals surface area (Å²) in [5.41, 5.74) is 0. The number of carboxylic acids is 1. The van der Waals surface area contributed by atoms with Crippen LogP contribution >= 0.6 is 0 Å². The van der Waals surface area contributed by atoms with Crippen LogP contribution in [0.3, 0.4) is 0 Å². The average molecular weight is 299 g/mol. The highest BCUT2D eigenvalue weighted by Gasteiger charge is 2.31. The van der Waals surface area contributed by atoms with Crippen LogP contribution in [0.25, 0.3) is 0 Å². The summed E-state index contributed by atoms with van der Waals surface area (Å²) < 4.78 is 0. The first-order valence-corrected chi connectivity index (χ1v) is 7.69. The van der Waals surface area contributed by atoms with Crippen LogP contribution in [0.15, 0.2) is 0 Å². The predicted molar refractivity (Wildman–Crippen MR) is 77.0 cm³/mol. The molecule has 0 aromatic carbocycles. The second-order valence-corrected chi connectivity index (χ2v) is 5.97. The maximum absolute atomic E-state index is 12.1. The lowest BCUT2D eigenvalue weighted by Gasteiger charge is -2.38. The number of aliphatic hydroxyl groups excluding tert-OH is 1. The molecule has 2 amide bonds. The first-order valence-electron chi connectivity index (χ1n) is 7.69. The standard InChI is InChI=1S/C14H25N3O4/c1-10(18)12(13(19)20)15-14(21)17-8-6-16(7-9-17)11-4-2-3-5-11/h10-12,18H,2-9H2,1H3,(H,15,21)(H,19,20)/t10-,12+/m1/s1. The molecule has 7 nitrogen and oxygen atoms in total. The number of aliphatic hydroxyl groups is 1. The summed E-state index contributed by atoms with van der Waals surface area (Å²) in [7, 11) is 0. The molecule has 21 heavy (non-hydrogen) atoms. The van der Waals surface area contributed by atoms with Crippen LogP contribution in [-0.4, -0.2) is 76.4 Å². The van der Waals surface area contributed by atoms with Crippen molar-refractivity contribution in [2.45, 2.75) is 50.8 Å². The molecule has 0 spiro atoms. The molecule has 0 bridgehead atoms. The fourth-order valence-electron chi connectivity index (χ4n) is 3.17. The van der Waals surface area contributed by atoms with Crippen molar-refractivity contribution in [3.8, 4) is 0 Å². The number of piperazine rings is 1. The van der Waals surface area contributed by atoms with Crippen LogP contribution in [0.5, 0.6) is 0 Å². The Balaban J connectivity index is 1.80. The zero-order chi connectivity index (χ0) is 15.4. The molecule has 7 heteroatoms. The third-order valence-electron chi connectivity index (χ3n) is 4.47. The number of carboxylic acid groups (broad SMARTS) is 1. The van der Waals surface area contributed by atoms with E-state index in [-0.39, 0.29) is 0 Å². The molecule has 2 atom stereocenters. The monoisotopic (exact) mass is 299 g/mol. The Morgan fingerprint density at radius 1 is 1.14 bits per heavy atom. The first kappa shape index (κ1) is 16.0. The number of aliphatic carboxylic acids is 1. The number of rotatable bonds is 4. The van der Waals surface area contributed by atoms with Gasteiger partial charge in [0.1, 0.15) is 0 Å². The van der Waals surface area contributed by atoms with Crippen LogP contribution in [0.4, 0.5) is 4.79 Å². The molecule has 120 valence electrons. The van der Waals surface area contributed by atoms with Crippen molar-refractivity contribution in [2.75, 3.05) is 26.2 Å². The van der Waals surface area contributed by atoms with E-state index in [0.29, 0.717) is 19.1 Å². The molecule has 1 aliphatic heterocycles. The topological polar surface area (TPSA) is 93.1 Å². The molecule has 2 aliphatic rings. The van der Waals surface area contributed by atoms with E-state index < -0.39 is 24.1 Å². The van der Waals surface area contributed by atoms with E-state index in [1.807, 2.05) is 0 Å². The Labute approximate surface area is 124 Å². The highest BCUT2D eigenvalue weighted by Crippen LogP contribution is 2.24. The number of amides is 2. The SMILES string of the molecule is C[C@@H](O)[C@H](NC(=O)N1CCN(C2CCCC2)CC1)C(=O)O. The molecule has 1 saturated carbocycles. The summed E-state index contributed by atoms with van der Waals surface area (Å²) in [4.78, 5) is 27.1. The molecule has 0 radical (unpaired) electrons. The van der Waals surface area contributed by atoms with Crippen LogP contribution in [0.1, 0.15) is 32.6 Å². The Kier molecular flexibility index (Phi) is 5.41. The highest BCUT2D eigenvalue weighted by molar-refractivity contribution is 5.83. The summed E-state index contributed by atoms with van der Waals surface area (Å²) in [6.07, 6.45) is 3.95. The average Bonchev–Trinajstić information content (AvgIpc) is 2.98. The molecule has 0 aromatic heterocycles. The van der Waals surface area contributed by atoms with Crippen molar-refractivity contribution in [3.05, 3.63) is 0 Å². The number of carbonyl (C=O) groups excluding carboxylic acids is 1. The molecule has 1 heterocycles. The Morgan fingerprint density at radius 2 is 1.71 bits per heavy atom. The number of carbonyl (C=O) groups is 2. The number of urea groups is 1.